The molecular formula is C10H12N2O3. The fraction of sp³-hybridized carbons (Fsp3) is 0.200. The number of amides is 1. The third kappa shape index (κ3) is 3.40. The third-order valence-electron chi connectivity index (χ3n) is 1.74. The summed E-state index contributed by atoms with van der Waals surface area (Å²) < 4.78 is 5.02. The highest BCUT2D eigenvalue weighted by Crippen LogP contribution is 2.12. The maximum Gasteiger partial charge on any atom is 0.255 e. The molecule has 1 aromatic carbocycles. The highest BCUT2D eigenvalue weighted by atomic mass is 16.5. The van der Waals surface area contributed by atoms with Crippen LogP contribution in [-0.2, 0) is 4.79 Å². The lowest BCUT2D eigenvalue weighted by molar-refractivity contribution is -0.119. The van der Waals surface area contributed by atoms with E-state index in [0.29, 0.717) is 11.3 Å². The zero-order chi connectivity index (χ0) is 11.3. The van der Waals surface area contributed by atoms with Crippen molar-refractivity contribution in [1.29, 1.82) is 0 Å². The smallest absolute Gasteiger partial charge is 0.255 e. The molecule has 1 amide bonds. The monoisotopic (exact) mass is 208 g/mol. The van der Waals surface area contributed by atoms with Gasteiger partial charge in [-0.3, -0.25) is 9.59 Å². The number of Topliss-reactive ketones (excluding diaryl/α,β-unsaturated/α-hetero) is 1. The molecule has 0 aliphatic carbocycles. The molecule has 0 aliphatic rings. The highest BCUT2D eigenvalue weighted by molar-refractivity contribution is 5.97. The summed E-state index contributed by atoms with van der Waals surface area (Å²) in [4.78, 5) is 21.6. The van der Waals surface area contributed by atoms with Crippen LogP contribution in [-0.4, -0.2) is 24.8 Å². The molecule has 5 heteroatoms. The quantitative estimate of drug-likeness (QED) is 0.649. The number of rotatable bonds is 5. The SMILES string of the molecule is NCC(=O)c1ccc(OCC(N)=O)cc1. The number of ketones is 1. The van der Waals surface area contributed by atoms with Crippen LogP contribution in [0.1, 0.15) is 10.4 Å². The van der Waals surface area contributed by atoms with Crippen molar-refractivity contribution in [2.45, 2.75) is 0 Å². The van der Waals surface area contributed by atoms with Gasteiger partial charge in [0.05, 0.1) is 6.54 Å². The van der Waals surface area contributed by atoms with Crippen molar-refractivity contribution in [3.05, 3.63) is 29.8 Å². The Morgan fingerprint density at radius 3 is 2.27 bits per heavy atom. The Morgan fingerprint density at radius 1 is 1.20 bits per heavy atom. The zero-order valence-corrected chi connectivity index (χ0v) is 8.10. The van der Waals surface area contributed by atoms with Gasteiger partial charge in [-0.1, -0.05) is 0 Å². The molecule has 0 aromatic heterocycles. The Bertz CT molecular complexity index is 359. The van der Waals surface area contributed by atoms with Gasteiger partial charge in [-0.15, -0.1) is 0 Å². The lowest BCUT2D eigenvalue weighted by atomic mass is 10.1. The number of carbonyl (C=O) groups excluding carboxylic acids is 2. The van der Waals surface area contributed by atoms with Crippen molar-refractivity contribution in [1.82, 2.24) is 0 Å². The van der Waals surface area contributed by atoms with Crippen LogP contribution in [0.5, 0.6) is 5.75 Å². The molecule has 15 heavy (non-hydrogen) atoms. The predicted octanol–water partition coefficient (Wildman–Crippen LogP) is -0.308. The van der Waals surface area contributed by atoms with Gasteiger partial charge in [-0.05, 0) is 24.3 Å². The van der Waals surface area contributed by atoms with E-state index < -0.39 is 5.91 Å². The number of carbonyl (C=O) groups is 2. The maximum atomic E-state index is 11.2. The number of ether oxygens (including phenoxy) is 1. The summed E-state index contributed by atoms with van der Waals surface area (Å²) in [6, 6.07) is 6.36. The molecule has 0 saturated carbocycles. The van der Waals surface area contributed by atoms with Crippen LogP contribution >= 0.6 is 0 Å². The summed E-state index contributed by atoms with van der Waals surface area (Å²) >= 11 is 0. The first kappa shape index (κ1) is 11.2. The van der Waals surface area contributed by atoms with Crippen LogP contribution in [0, 0.1) is 0 Å². The van der Waals surface area contributed by atoms with E-state index in [1.54, 1.807) is 24.3 Å². The molecule has 0 saturated heterocycles. The minimum Gasteiger partial charge on any atom is -0.484 e. The van der Waals surface area contributed by atoms with Gasteiger partial charge in [0, 0.05) is 5.56 Å². The molecule has 0 bridgehead atoms. The van der Waals surface area contributed by atoms with Crippen molar-refractivity contribution in [3.63, 3.8) is 0 Å². The summed E-state index contributed by atoms with van der Waals surface area (Å²) in [5.74, 6) is -0.198. The fourth-order valence-electron chi connectivity index (χ4n) is 1.01. The lowest BCUT2D eigenvalue weighted by Crippen LogP contribution is -2.20. The van der Waals surface area contributed by atoms with Crippen LogP contribution in [0.2, 0.25) is 0 Å². The van der Waals surface area contributed by atoms with Gasteiger partial charge in [-0.2, -0.15) is 0 Å². The van der Waals surface area contributed by atoms with Crippen LogP contribution < -0.4 is 16.2 Å². The average Bonchev–Trinajstić information content (AvgIpc) is 2.26. The predicted molar refractivity (Wildman–Crippen MR) is 54.5 cm³/mol. The molecule has 0 radical (unpaired) electrons. The Labute approximate surface area is 87.0 Å². The van der Waals surface area contributed by atoms with Crippen molar-refractivity contribution >= 4 is 11.7 Å². The second-order valence-corrected chi connectivity index (χ2v) is 2.91. The van der Waals surface area contributed by atoms with E-state index in [-0.39, 0.29) is 18.9 Å². The highest BCUT2D eigenvalue weighted by Gasteiger charge is 2.03. The number of nitrogens with two attached hydrogens (primary N) is 2. The summed E-state index contributed by atoms with van der Waals surface area (Å²) in [6.07, 6.45) is 0. The van der Waals surface area contributed by atoms with E-state index in [9.17, 15) is 9.59 Å². The van der Waals surface area contributed by atoms with Gasteiger partial charge < -0.3 is 16.2 Å². The molecule has 0 aliphatic heterocycles. The molecule has 80 valence electrons. The molecule has 4 N–H and O–H groups in total. The molecule has 5 nitrogen and oxygen atoms in total. The molecule has 1 aromatic rings. The van der Waals surface area contributed by atoms with Crippen molar-refractivity contribution < 1.29 is 14.3 Å². The van der Waals surface area contributed by atoms with Gasteiger partial charge in [0.15, 0.2) is 12.4 Å². The average molecular weight is 208 g/mol. The number of hydrogen-bond acceptors (Lipinski definition) is 4. The largest absolute Gasteiger partial charge is 0.484 e. The number of hydrogen-bond donors (Lipinski definition) is 2. The van der Waals surface area contributed by atoms with Gasteiger partial charge in [-0.25, -0.2) is 0 Å². The first-order valence-corrected chi connectivity index (χ1v) is 4.38. The van der Waals surface area contributed by atoms with Gasteiger partial charge in [0.1, 0.15) is 5.75 Å². The molecule has 1 rings (SSSR count). The standard InChI is InChI=1S/C10H12N2O3/c11-5-9(13)7-1-3-8(4-2-7)15-6-10(12)14/h1-4H,5-6,11H2,(H2,12,14). The Morgan fingerprint density at radius 2 is 1.80 bits per heavy atom. The first-order chi connectivity index (χ1) is 7.13. The van der Waals surface area contributed by atoms with Crippen LogP contribution in [0.4, 0.5) is 0 Å². The van der Waals surface area contributed by atoms with E-state index in [2.05, 4.69) is 0 Å². The molecule has 0 heterocycles. The topological polar surface area (TPSA) is 95.4 Å². The molecule has 0 spiro atoms. The van der Waals surface area contributed by atoms with Crippen LogP contribution in [0.3, 0.4) is 0 Å². The minimum absolute atomic E-state index is 0.0263. The summed E-state index contributed by atoms with van der Waals surface area (Å²) in [7, 11) is 0. The van der Waals surface area contributed by atoms with Gasteiger partial charge >= 0.3 is 0 Å². The molecule has 0 fully saturated rings. The normalized spacial score (nSPS) is 9.67. The number of primary amides is 1. The maximum absolute atomic E-state index is 11.2. The third-order valence-corrected chi connectivity index (χ3v) is 1.74. The fourth-order valence-corrected chi connectivity index (χ4v) is 1.01. The van der Waals surface area contributed by atoms with Crippen molar-refractivity contribution in [3.8, 4) is 5.75 Å². The summed E-state index contributed by atoms with van der Waals surface area (Å²) in [5.41, 5.74) is 10.6. The Kier molecular flexibility index (Phi) is 3.82. The molecule has 0 atom stereocenters. The lowest BCUT2D eigenvalue weighted by Gasteiger charge is -2.04. The summed E-state index contributed by atoms with van der Waals surface area (Å²) in [5, 5.41) is 0. The minimum atomic E-state index is -0.544. The van der Waals surface area contributed by atoms with Gasteiger partial charge in [0.2, 0.25) is 0 Å². The van der Waals surface area contributed by atoms with Gasteiger partial charge in [0.25, 0.3) is 5.91 Å². The molecular weight excluding hydrogens is 196 g/mol. The van der Waals surface area contributed by atoms with E-state index in [1.165, 1.54) is 0 Å². The number of benzene rings is 1. The van der Waals surface area contributed by atoms with Crippen molar-refractivity contribution in [2.24, 2.45) is 11.5 Å². The van der Waals surface area contributed by atoms with E-state index in [4.69, 9.17) is 16.2 Å². The van der Waals surface area contributed by atoms with E-state index in [1.807, 2.05) is 0 Å². The Hall–Kier alpha value is -1.88. The van der Waals surface area contributed by atoms with Crippen LogP contribution in [0.15, 0.2) is 24.3 Å². The van der Waals surface area contributed by atoms with Crippen molar-refractivity contribution in [2.75, 3.05) is 13.2 Å². The van der Waals surface area contributed by atoms with E-state index >= 15 is 0 Å². The molecule has 0 unspecified atom stereocenters. The second kappa shape index (κ2) is 5.11. The van der Waals surface area contributed by atoms with Crippen LogP contribution in [0.25, 0.3) is 0 Å². The Balaban J connectivity index is 2.64. The second-order valence-electron chi connectivity index (χ2n) is 2.91. The summed E-state index contributed by atoms with van der Waals surface area (Å²) in [6.45, 7) is -0.203. The van der Waals surface area contributed by atoms with E-state index in [0.717, 1.165) is 0 Å². The zero-order valence-electron chi connectivity index (χ0n) is 8.10. The first-order valence-electron chi connectivity index (χ1n) is 4.38.